The maximum absolute atomic E-state index is 13.3. The van der Waals surface area contributed by atoms with E-state index in [1.54, 1.807) is 31.0 Å². The van der Waals surface area contributed by atoms with Gasteiger partial charge in [-0.15, -0.1) is 5.10 Å². The maximum Gasteiger partial charge on any atom is 0.173 e. The number of hydrogen-bond acceptors (Lipinski definition) is 7. The number of benzene rings is 2. The highest BCUT2D eigenvalue weighted by atomic mass is 19.1. The molecule has 1 saturated heterocycles. The van der Waals surface area contributed by atoms with Crippen LogP contribution in [0.25, 0.3) is 0 Å². The Kier molecular flexibility index (Phi) is 6.43. The summed E-state index contributed by atoms with van der Waals surface area (Å²) in [5.74, 6) is 1.94. The Labute approximate surface area is 181 Å². The number of halogens is 1. The first-order chi connectivity index (χ1) is 15.1. The lowest BCUT2D eigenvalue weighted by Crippen LogP contribution is -2.46. The molecule has 1 aromatic heterocycles. The van der Waals surface area contributed by atoms with Crippen LogP contribution < -0.4 is 9.47 Å². The van der Waals surface area contributed by atoms with Gasteiger partial charge in [0.1, 0.15) is 23.4 Å². The van der Waals surface area contributed by atoms with Crippen LogP contribution in [0.5, 0.6) is 11.5 Å². The second-order valence-electron chi connectivity index (χ2n) is 7.67. The van der Waals surface area contributed by atoms with Gasteiger partial charge in [-0.3, -0.25) is 4.90 Å². The lowest BCUT2D eigenvalue weighted by Gasteiger charge is -2.37. The zero-order valence-electron chi connectivity index (χ0n) is 18.0. The number of piperazine rings is 1. The zero-order chi connectivity index (χ0) is 21.8. The lowest BCUT2D eigenvalue weighted by molar-refractivity contribution is 0.120. The van der Waals surface area contributed by atoms with Gasteiger partial charge < -0.3 is 14.4 Å². The van der Waals surface area contributed by atoms with Crippen molar-refractivity contribution < 1.29 is 13.9 Å². The highest BCUT2D eigenvalue weighted by Gasteiger charge is 2.32. The molecular weight excluding hydrogens is 399 g/mol. The molecule has 9 heteroatoms. The predicted octanol–water partition coefficient (Wildman–Crippen LogP) is 2.21. The largest absolute Gasteiger partial charge is 0.497 e. The highest BCUT2D eigenvalue weighted by molar-refractivity contribution is 5.44. The smallest absolute Gasteiger partial charge is 0.173 e. The molecule has 0 bridgehead atoms. The second kappa shape index (κ2) is 9.40. The van der Waals surface area contributed by atoms with Gasteiger partial charge in [-0.05, 0) is 53.4 Å². The van der Waals surface area contributed by atoms with E-state index in [-0.39, 0.29) is 11.9 Å². The first-order valence-corrected chi connectivity index (χ1v) is 10.2. The predicted molar refractivity (Wildman–Crippen MR) is 114 cm³/mol. The van der Waals surface area contributed by atoms with E-state index in [9.17, 15) is 4.39 Å². The van der Waals surface area contributed by atoms with Crippen molar-refractivity contribution in [3.63, 3.8) is 0 Å². The van der Waals surface area contributed by atoms with Crippen LogP contribution in [0.4, 0.5) is 4.39 Å². The molecule has 0 radical (unpaired) electrons. The van der Waals surface area contributed by atoms with Gasteiger partial charge in [0.2, 0.25) is 0 Å². The summed E-state index contributed by atoms with van der Waals surface area (Å²) >= 11 is 0. The lowest BCUT2D eigenvalue weighted by atomic mass is 10.0. The van der Waals surface area contributed by atoms with Crippen LogP contribution in [0.3, 0.4) is 0 Å². The molecule has 1 aliphatic heterocycles. The fraction of sp³-hybridized carbons (Fsp3) is 0.409. The molecule has 31 heavy (non-hydrogen) atoms. The third-order valence-electron chi connectivity index (χ3n) is 5.68. The molecular formula is C22H27FN6O2. The molecule has 3 aromatic rings. The Morgan fingerprint density at radius 3 is 2.42 bits per heavy atom. The number of methoxy groups -OCH3 is 2. The summed E-state index contributed by atoms with van der Waals surface area (Å²) in [4.78, 5) is 4.67. The van der Waals surface area contributed by atoms with Crippen molar-refractivity contribution >= 4 is 0 Å². The molecule has 1 unspecified atom stereocenters. The standard InChI is InChI=1S/C22H27FN6O2/c1-27-10-12-28(13-11-27)21(19-14-18(30-2)8-9-20(19)31-3)22-24-25-26-29(22)15-16-4-6-17(23)7-5-16/h4-9,14,21H,10-13,15H2,1-3H3. The normalized spacial score (nSPS) is 16.3. The maximum atomic E-state index is 13.3. The van der Waals surface area contributed by atoms with E-state index in [0.717, 1.165) is 48.8 Å². The minimum absolute atomic E-state index is 0.214. The van der Waals surface area contributed by atoms with E-state index < -0.39 is 0 Å². The average molecular weight is 426 g/mol. The summed E-state index contributed by atoms with van der Waals surface area (Å²) < 4.78 is 26.3. The van der Waals surface area contributed by atoms with Crippen molar-refractivity contribution in [1.29, 1.82) is 0 Å². The molecule has 1 fully saturated rings. The van der Waals surface area contributed by atoms with E-state index in [4.69, 9.17) is 9.47 Å². The number of likely N-dealkylation sites (N-methyl/N-ethyl adjacent to an activating group) is 1. The summed E-state index contributed by atoms with van der Waals surface area (Å²) in [6.07, 6.45) is 0. The number of rotatable bonds is 7. The van der Waals surface area contributed by atoms with Crippen molar-refractivity contribution in [3.05, 3.63) is 65.2 Å². The van der Waals surface area contributed by atoms with Crippen LogP contribution in [-0.4, -0.2) is 77.5 Å². The molecule has 1 atom stereocenters. The first-order valence-electron chi connectivity index (χ1n) is 10.2. The highest BCUT2D eigenvalue weighted by Crippen LogP contribution is 2.36. The van der Waals surface area contributed by atoms with E-state index in [2.05, 4.69) is 32.4 Å². The van der Waals surface area contributed by atoms with Gasteiger partial charge in [-0.2, -0.15) is 0 Å². The third-order valence-corrected chi connectivity index (χ3v) is 5.68. The minimum atomic E-state index is -0.267. The zero-order valence-corrected chi connectivity index (χ0v) is 18.0. The van der Waals surface area contributed by atoms with Gasteiger partial charge >= 0.3 is 0 Å². The van der Waals surface area contributed by atoms with Crippen LogP contribution in [0.2, 0.25) is 0 Å². The molecule has 0 amide bonds. The second-order valence-corrected chi connectivity index (χ2v) is 7.67. The molecule has 4 rings (SSSR count). The van der Waals surface area contributed by atoms with Crippen molar-refractivity contribution in [2.24, 2.45) is 0 Å². The number of hydrogen-bond donors (Lipinski definition) is 0. The van der Waals surface area contributed by atoms with Crippen molar-refractivity contribution in [1.82, 2.24) is 30.0 Å². The van der Waals surface area contributed by atoms with Crippen molar-refractivity contribution in [2.45, 2.75) is 12.6 Å². The minimum Gasteiger partial charge on any atom is -0.497 e. The van der Waals surface area contributed by atoms with Gasteiger partial charge in [0.15, 0.2) is 5.82 Å². The quantitative estimate of drug-likeness (QED) is 0.574. The fourth-order valence-electron chi connectivity index (χ4n) is 3.92. The van der Waals surface area contributed by atoms with Gasteiger partial charge in [-0.1, -0.05) is 12.1 Å². The monoisotopic (exact) mass is 426 g/mol. The van der Waals surface area contributed by atoms with Crippen LogP contribution in [0.15, 0.2) is 42.5 Å². The molecule has 8 nitrogen and oxygen atoms in total. The van der Waals surface area contributed by atoms with Crippen LogP contribution >= 0.6 is 0 Å². The number of nitrogens with zero attached hydrogens (tertiary/aromatic N) is 6. The Hall–Kier alpha value is -3.04. The number of aromatic nitrogens is 4. The average Bonchev–Trinajstić information content (AvgIpc) is 3.24. The topological polar surface area (TPSA) is 68.5 Å². The molecule has 0 spiro atoms. The molecule has 0 aliphatic carbocycles. The van der Waals surface area contributed by atoms with Crippen LogP contribution in [0.1, 0.15) is 23.0 Å². The van der Waals surface area contributed by atoms with Gasteiger partial charge in [0.05, 0.1) is 20.8 Å². The third kappa shape index (κ3) is 4.67. The van der Waals surface area contributed by atoms with Crippen molar-refractivity contribution in [2.75, 3.05) is 47.4 Å². The molecule has 2 heterocycles. The van der Waals surface area contributed by atoms with Gasteiger partial charge in [0, 0.05) is 31.7 Å². The van der Waals surface area contributed by atoms with Crippen LogP contribution in [-0.2, 0) is 6.54 Å². The molecule has 0 saturated carbocycles. The van der Waals surface area contributed by atoms with Crippen LogP contribution in [0, 0.1) is 5.82 Å². The molecule has 2 aromatic carbocycles. The summed E-state index contributed by atoms with van der Waals surface area (Å²) in [6.45, 7) is 4.07. The first kappa shape index (κ1) is 21.2. The molecule has 164 valence electrons. The molecule has 1 aliphatic rings. The van der Waals surface area contributed by atoms with Gasteiger partial charge in [-0.25, -0.2) is 9.07 Å². The van der Waals surface area contributed by atoms with E-state index in [0.29, 0.717) is 12.4 Å². The van der Waals surface area contributed by atoms with E-state index >= 15 is 0 Å². The molecule has 0 N–H and O–H groups in total. The fourth-order valence-corrected chi connectivity index (χ4v) is 3.92. The summed E-state index contributed by atoms with van der Waals surface area (Å²) in [7, 11) is 5.43. The summed E-state index contributed by atoms with van der Waals surface area (Å²) in [6, 6.07) is 11.9. The number of tetrazole rings is 1. The summed E-state index contributed by atoms with van der Waals surface area (Å²) in [5, 5.41) is 12.6. The Bertz CT molecular complexity index is 1000. The Morgan fingerprint density at radius 1 is 1.00 bits per heavy atom. The van der Waals surface area contributed by atoms with Gasteiger partial charge in [0.25, 0.3) is 0 Å². The van der Waals surface area contributed by atoms with E-state index in [1.807, 2.05) is 18.2 Å². The van der Waals surface area contributed by atoms with E-state index in [1.165, 1.54) is 12.1 Å². The summed E-state index contributed by atoms with van der Waals surface area (Å²) in [5.41, 5.74) is 1.87. The van der Waals surface area contributed by atoms with Crippen molar-refractivity contribution in [3.8, 4) is 11.5 Å². The SMILES string of the molecule is COc1ccc(OC)c(C(c2nnnn2Cc2ccc(F)cc2)N2CCN(C)CC2)c1. The Balaban J connectivity index is 1.76. The Morgan fingerprint density at radius 2 is 1.74 bits per heavy atom. The number of ether oxygens (including phenoxy) is 2.